The van der Waals surface area contributed by atoms with Crippen molar-refractivity contribution >= 4 is 11.4 Å². The van der Waals surface area contributed by atoms with E-state index < -0.39 is 0 Å². The molecule has 0 radical (unpaired) electrons. The molecule has 2 nitrogen and oxygen atoms in total. The molecule has 20 heavy (non-hydrogen) atoms. The maximum Gasteiger partial charge on any atom is 0.125 e. The first-order valence-corrected chi connectivity index (χ1v) is 7.11. The zero-order valence-corrected chi connectivity index (χ0v) is 11.5. The third-order valence-corrected chi connectivity index (χ3v) is 3.97. The molecule has 0 unspecified atom stereocenters. The monoisotopic (exact) mass is 270 g/mol. The summed E-state index contributed by atoms with van der Waals surface area (Å²) in [6, 6.07) is 13.1. The predicted octanol–water partition coefficient (Wildman–Crippen LogP) is 3.40. The number of hydrogen-bond acceptors (Lipinski definition) is 2. The smallest absolute Gasteiger partial charge is 0.125 e. The van der Waals surface area contributed by atoms with E-state index in [9.17, 15) is 4.39 Å². The molecule has 2 N–H and O–H groups in total. The maximum absolute atomic E-state index is 13.3. The minimum absolute atomic E-state index is 0.150. The van der Waals surface area contributed by atoms with E-state index in [2.05, 4.69) is 11.0 Å². The number of nitrogens with zero attached hydrogens (tertiary/aromatic N) is 1. The topological polar surface area (TPSA) is 29.3 Å². The van der Waals surface area contributed by atoms with Gasteiger partial charge in [0.1, 0.15) is 5.82 Å². The van der Waals surface area contributed by atoms with Crippen LogP contribution in [-0.4, -0.2) is 13.1 Å². The minimum atomic E-state index is -0.150. The van der Waals surface area contributed by atoms with E-state index in [1.807, 2.05) is 24.3 Å². The van der Waals surface area contributed by atoms with Crippen molar-refractivity contribution in [3.8, 4) is 0 Å². The van der Waals surface area contributed by atoms with Gasteiger partial charge >= 0.3 is 0 Å². The van der Waals surface area contributed by atoms with Gasteiger partial charge in [0.2, 0.25) is 0 Å². The molecule has 3 heteroatoms. The van der Waals surface area contributed by atoms with Crippen LogP contribution >= 0.6 is 0 Å². The van der Waals surface area contributed by atoms with Crippen LogP contribution in [0.1, 0.15) is 17.5 Å². The molecule has 0 saturated heterocycles. The lowest BCUT2D eigenvalue weighted by molar-refractivity contribution is 0.627. The third kappa shape index (κ3) is 2.62. The van der Waals surface area contributed by atoms with Gasteiger partial charge in [0, 0.05) is 24.5 Å². The predicted molar refractivity (Wildman–Crippen MR) is 81.5 cm³/mol. The van der Waals surface area contributed by atoms with Crippen LogP contribution in [0.3, 0.4) is 0 Å². The molecule has 3 rings (SSSR count). The first kappa shape index (κ1) is 13.0. The second kappa shape index (κ2) is 5.53. The van der Waals surface area contributed by atoms with Gasteiger partial charge in [-0.2, -0.15) is 0 Å². The van der Waals surface area contributed by atoms with E-state index in [1.165, 1.54) is 11.1 Å². The number of hydrogen-bond donors (Lipinski definition) is 1. The Morgan fingerprint density at radius 3 is 2.85 bits per heavy atom. The molecule has 0 atom stereocenters. The van der Waals surface area contributed by atoms with Gasteiger partial charge in [0.05, 0.1) is 0 Å². The molecule has 2 aromatic rings. The third-order valence-electron chi connectivity index (χ3n) is 3.97. The summed E-state index contributed by atoms with van der Waals surface area (Å²) in [5.74, 6) is -0.150. The van der Waals surface area contributed by atoms with Gasteiger partial charge in [-0.15, -0.1) is 0 Å². The van der Waals surface area contributed by atoms with Crippen LogP contribution in [0, 0.1) is 5.82 Å². The minimum Gasteiger partial charge on any atom is -0.399 e. The van der Waals surface area contributed by atoms with Crippen molar-refractivity contribution in [1.82, 2.24) is 0 Å². The first-order valence-electron chi connectivity index (χ1n) is 7.11. The molecular weight excluding hydrogens is 251 g/mol. The Morgan fingerprint density at radius 1 is 1.15 bits per heavy atom. The summed E-state index contributed by atoms with van der Waals surface area (Å²) < 4.78 is 13.3. The van der Waals surface area contributed by atoms with Gasteiger partial charge in [-0.3, -0.25) is 0 Å². The summed E-state index contributed by atoms with van der Waals surface area (Å²) in [4.78, 5) is 2.28. The van der Waals surface area contributed by atoms with Crippen LogP contribution in [0.15, 0.2) is 42.5 Å². The number of aryl methyl sites for hydroxylation is 1. The molecule has 1 aliphatic rings. The zero-order valence-electron chi connectivity index (χ0n) is 11.5. The van der Waals surface area contributed by atoms with Gasteiger partial charge in [-0.1, -0.05) is 24.3 Å². The van der Waals surface area contributed by atoms with Crippen molar-refractivity contribution in [3.05, 3.63) is 59.4 Å². The first-order chi connectivity index (χ1) is 9.74. The quantitative estimate of drug-likeness (QED) is 0.863. The number of fused-ring (bicyclic) bond motifs is 1. The second-order valence-electron chi connectivity index (χ2n) is 5.31. The molecular formula is C17H19FN2. The molecule has 0 amide bonds. The summed E-state index contributed by atoms with van der Waals surface area (Å²) in [6.45, 7) is 1.94. The molecule has 0 fully saturated rings. The Balaban J connectivity index is 1.61. The molecule has 0 aromatic heterocycles. The Bertz CT molecular complexity index is 610. The lowest BCUT2D eigenvalue weighted by Gasteiger charge is -2.19. The number of rotatable bonds is 4. The number of nitrogens with two attached hydrogens (primary N) is 1. The number of benzene rings is 2. The molecule has 104 valence electrons. The van der Waals surface area contributed by atoms with Crippen molar-refractivity contribution in [1.29, 1.82) is 0 Å². The van der Waals surface area contributed by atoms with Crippen molar-refractivity contribution in [2.45, 2.75) is 19.3 Å². The second-order valence-corrected chi connectivity index (χ2v) is 5.31. The van der Waals surface area contributed by atoms with Crippen LogP contribution < -0.4 is 10.6 Å². The fourth-order valence-electron chi connectivity index (χ4n) is 2.87. The van der Waals surface area contributed by atoms with Crippen molar-refractivity contribution < 1.29 is 4.39 Å². The highest BCUT2D eigenvalue weighted by Gasteiger charge is 2.18. The van der Waals surface area contributed by atoms with E-state index in [1.54, 1.807) is 12.1 Å². The molecule has 0 aliphatic carbocycles. The highest BCUT2D eigenvalue weighted by Crippen LogP contribution is 2.28. The van der Waals surface area contributed by atoms with Gasteiger partial charge in [-0.25, -0.2) is 4.39 Å². The molecule has 2 aromatic carbocycles. The molecule has 0 saturated carbocycles. The van der Waals surface area contributed by atoms with Gasteiger partial charge < -0.3 is 10.6 Å². The van der Waals surface area contributed by atoms with E-state index >= 15 is 0 Å². The number of nitrogen functional groups attached to an aromatic ring is 1. The van der Waals surface area contributed by atoms with E-state index in [-0.39, 0.29) is 5.82 Å². The highest BCUT2D eigenvalue weighted by atomic mass is 19.1. The molecule has 1 aliphatic heterocycles. The van der Waals surface area contributed by atoms with Gasteiger partial charge in [-0.05, 0) is 48.6 Å². The summed E-state index contributed by atoms with van der Waals surface area (Å²) in [5, 5.41) is 0. The summed E-state index contributed by atoms with van der Waals surface area (Å²) in [6.07, 6.45) is 3.01. The Kier molecular flexibility index (Phi) is 3.59. The van der Waals surface area contributed by atoms with Crippen LogP contribution in [0.5, 0.6) is 0 Å². The Hall–Kier alpha value is -2.03. The fourth-order valence-corrected chi connectivity index (χ4v) is 2.87. The normalized spacial score (nSPS) is 13.6. The average Bonchev–Trinajstić information content (AvgIpc) is 2.83. The average molecular weight is 270 g/mol. The molecule has 1 heterocycles. The van der Waals surface area contributed by atoms with Crippen molar-refractivity contribution in [2.24, 2.45) is 0 Å². The molecule has 0 spiro atoms. The largest absolute Gasteiger partial charge is 0.399 e. The lowest BCUT2D eigenvalue weighted by Crippen LogP contribution is -2.22. The number of anilines is 2. The fraction of sp³-hybridized carbons (Fsp3) is 0.294. The Morgan fingerprint density at radius 2 is 2.00 bits per heavy atom. The Labute approximate surface area is 119 Å². The zero-order chi connectivity index (χ0) is 13.9. The maximum atomic E-state index is 13.3. The van der Waals surface area contributed by atoms with Crippen LogP contribution in [-0.2, 0) is 12.8 Å². The van der Waals surface area contributed by atoms with Gasteiger partial charge in [0.15, 0.2) is 0 Å². The van der Waals surface area contributed by atoms with E-state index in [0.717, 1.165) is 43.7 Å². The summed E-state index contributed by atoms with van der Waals surface area (Å²) in [5.41, 5.74) is 10.3. The SMILES string of the molecule is Nc1ccccc1CCCN1CCc2ccc(F)cc21. The van der Waals surface area contributed by atoms with Gasteiger partial charge in [0.25, 0.3) is 0 Å². The molecule has 0 bridgehead atoms. The summed E-state index contributed by atoms with van der Waals surface area (Å²) in [7, 11) is 0. The number of halogens is 1. The highest BCUT2D eigenvalue weighted by molar-refractivity contribution is 5.58. The number of para-hydroxylation sites is 1. The summed E-state index contributed by atoms with van der Waals surface area (Å²) >= 11 is 0. The van der Waals surface area contributed by atoms with Crippen LogP contribution in [0.25, 0.3) is 0 Å². The van der Waals surface area contributed by atoms with Crippen LogP contribution in [0.4, 0.5) is 15.8 Å². The van der Waals surface area contributed by atoms with Crippen molar-refractivity contribution in [3.63, 3.8) is 0 Å². The van der Waals surface area contributed by atoms with Crippen molar-refractivity contribution in [2.75, 3.05) is 23.7 Å². The van der Waals surface area contributed by atoms with Crippen LogP contribution in [0.2, 0.25) is 0 Å². The standard InChI is InChI=1S/C17H19FN2/c18-15-8-7-14-9-11-20(17(14)12-15)10-3-5-13-4-1-2-6-16(13)19/h1-2,4,6-8,12H,3,5,9-11,19H2. The van der Waals surface area contributed by atoms with E-state index in [0.29, 0.717) is 0 Å². The lowest BCUT2D eigenvalue weighted by atomic mass is 10.1. The van der Waals surface area contributed by atoms with E-state index in [4.69, 9.17) is 5.73 Å².